The van der Waals surface area contributed by atoms with Gasteiger partial charge in [0.25, 0.3) is 0 Å². The fraction of sp³-hybridized carbons (Fsp3) is 0.588. The second-order valence-electron chi connectivity index (χ2n) is 6.27. The number of nitrogens with zero attached hydrogens (tertiary/aromatic N) is 2. The van der Waals surface area contributed by atoms with E-state index in [9.17, 15) is 14.9 Å². The summed E-state index contributed by atoms with van der Waals surface area (Å²) in [5.41, 5.74) is 6.75. The second-order valence-corrected chi connectivity index (χ2v) is 7.25. The summed E-state index contributed by atoms with van der Waals surface area (Å²) < 4.78 is 5.00. The fourth-order valence-corrected chi connectivity index (χ4v) is 3.98. The highest BCUT2D eigenvalue weighted by Crippen LogP contribution is 2.29. The lowest BCUT2D eigenvalue weighted by Gasteiger charge is -2.38. The molecule has 138 valence electrons. The number of nitro groups is 1. The van der Waals surface area contributed by atoms with Crippen molar-refractivity contribution >= 4 is 23.4 Å². The minimum Gasteiger partial charge on any atom is -0.490 e. The van der Waals surface area contributed by atoms with Crippen LogP contribution in [0, 0.1) is 10.1 Å². The van der Waals surface area contributed by atoms with E-state index >= 15 is 0 Å². The third-order valence-electron chi connectivity index (χ3n) is 4.41. The maximum absolute atomic E-state index is 12.5. The van der Waals surface area contributed by atoms with Gasteiger partial charge in [-0.25, -0.2) is 0 Å². The van der Waals surface area contributed by atoms with Gasteiger partial charge in [0.2, 0.25) is 5.91 Å². The number of hydrogen-bond acceptors (Lipinski definition) is 6. The Hall–Kier alpha value is -1.80. The van der Waals surface area contributed by atoms with Gasteiger partial charge < -0.3 is 15.4 Å². The number of rotatable bonds is 7. The van der Waals surface area contributed by atoms with Crippen molar-refractivity contribution in [2.24, 2.45) is 5.73 Å². The smallest absolute Gasteiger partial charge is 0.311 e. The molecule has 25 heavy (non-hydrogen) atoms. The van der Waals surface area contributed by atoms with Gasteiger partial charge in [0.15, 0.2) is 5.75 Å². The van der Waals surface area contributed by atoms with Crippen molar-refractivity contribution in [2.45, 2.75) is 44.0 Å². The van der Waals surface area contributed by atoms with Crippen LogP contribution in [0.3, 0.4) is 0 Å². The van der Waals surface area contributed by atoms with Crippen molar-refractivity contribution in [2.75, 3.05) is 19.4 Å². The summed E-state index contributed by atoms with van der Waals surface area (Å²) in [5, 5.41) is 11.1. The first kappa shape index (κ1) is 19.5. The molecule has 1 aliphatic heterocycles. The van der Waals surface area contributed by atoms with Crippen molar-refractivity contribution in [1.82, 2.24) is 4.90 Å². The zero-order valence-corrected chi connectivity index (χ0v) is 15.5. The first-order valence-corrected chi connectivity index (χ1v) is 9.53. The molecular weight excluding hydrogens is 342 g/mol. The van der Waals surface area contributed by atoms with E-state index in [0.29, 0.717) is 11.5 Å². The Morgan fingerprint density at radius 1 is 1.52 bits per heavy atom. The molecule has 1 saturated heterocycles. The number of likely N-dealkylation sites (tertiary alicyclic amines) is 1. The number of carbonyl (C=O) groups excluding carboxylic acids is 1. The molecule has 2 unspecified atom stereocenters. The Morgan fingerprint density at radius 3 is 2.92 bits per heavy atom. The van der Waals surface area contributed by atoms with Gasteiger partial charge in [-0.05, 0) is 37.8 Å². The molecule has 0 aliphatic carbocycles. The van der Waals surface area contributed by atoms with Crippen molar-refractivity contribution in [3.05, 3.63) is 33.9 Å². The monoisotopic (exact) mass is 367 g/mol. The number of hydrogen-bond donors (Lipinski definition) is 1. The van der Waals surface area contributed by atoms with E-state index in [1.807, 2.05) is 11.8 Å². The SMILES string of the molecule is COc1ccc(CSCC(=O)N2CCCCC2C(C)N)cc1[N+](=O)[O-]. The van der Waals surface area contributed by atoms with E-state index in [4.69, 9.17) is 10.5 Å². The highest BCUT2D eigenvalue weighted by molar-refractivity contribution is 7.99. The minimum atomic E-state index is -0.459. The fourth-order valence-electron chi connectivity index (χ4n) is 3.12. The van der Waals surface area contributed by atoms with E-state index in [2.05, 4.69) is 0 Å². The van der Waals surface area contributed by atoms with Crippen LogP contribution < -0.4 is 10.5 Å². The number of nitro benzene ring substituents is 1. The summed E-state index contributed by atoms with van der Waals surface area (Å²) in [6, 6.07) is 4.96. The van der Waals surface area contributed by atoms with Gasteiger partial charge in [-0.15, -0.1) is 11.8 Å². The highest BCUT2D eigenvalue weighted by atomic mass is 32.2. The van der Waals surface area contributed by atoms with Crippen LogP contribution in [0.25, 0.3) is 0 Å². The summed E-state index contributed by atoms with van der Waals surface area (Å²) in [6.07, 6.45) is 3.09. The lowest BCUT2D eigenvalue weighted by molar-refractivity contribution is -0.385. The predicted octanol–water partition coefficient (Wildman–Crippen LogP) is 2.56. The van der Waals surface area contributed by atoms with Gasteiger partial charge >= 0.3 is 5.69 Å². The van der Waals surface area contributed by atoms with Crippen LogP contribution in [0.5, 0.6) is 5.75 Å². The molecule has 1 heterocycles. The molecular formula is C17H25N3O4S. The molecule has 0 spiro atoms. The van der Waals surface area contributed by atoms with E-state index in [1.165, 1.54) is 24.9 Å². The van der Waals surface area contributed by atoms with Gasteiger partial charge in [-0.3, -0.25) is 14.9 Å². The Bertz CT molecular complexity index is 624. The molecule has 1 aliphatic rings. The number of piperidine rings is 1. The molecule has 7 nitrogen and oxygen atoms in total. The molecule has 0 bridgehead atoms. The molecule has 1 amide bonds. The van der Waals surface area contributed by atoms with Crippen LogP contribution in [0.2, 0.25) is 0 Å². The quantitative estimate of drug-likeness (QED) is 0.587. The topological polar surface area (TPSA) is 98.7 Å². The lowest BCUT2D eigenvalue weighted by Crippen LogP contribution is -2.52. The summed E-state index contributed by atoms with van der Waals surface area (Å²) in [6.45, 7) is 2.71. The average Bonchev–Trinajstić information content (AvgIpc) is 2.61. The maximum atomic E-state index is 12.5. The third-order valence-corrected chi connectivity index (χ3v) is 5.40. The maximum Gasteiger partial charge on any atom is 0.311 e. The minimum absolute atomic E-state index is 0.0292. The van der Waals surface area contributed by atoms with E-state index in [1.54, 1.807) is 12.1 Å². The Morgan fingerprint density at radius 2 is 2.28 bits per heavy atom. The molecule has 2 atom stereocenters. The highest BCUT2D eigenvalue weighted by Gasteiger charge is 2.28. The first-order chi connectivity index (χ1) is 11.9. The zero-order valence-electron chi connectivity index (χ0n) is 14.6. The molecule has 1 aromatic carbocycles. The molecule has 2 N–H and O–H groups in total. The Labute approximate surface area is 152 Å². The van der Waals surface area contributed by atoms with Crippen molar-refractivity contribution in [1.29, 1.82) is 0 Å². The van der Waals surface area contributed by atoms with Crippen LogP contribution in [-0.4, -0.2) is 47.2 Å². The van der Waals surface area contributed by atoms with E-state index < -0.39 is 4.92 Å². The van der Waals surface area contributed by atoms with Crippen LogP contribution in [0.15, 0.2) is 18.2 Å². The number of amides is 1. The van der Waals surface area contributed by atoms with Gasteiger partial charge in [0.1, 0.15) is 0 Å². The predicted molar refractivity (Wildman–Crippen MR) is 98.8 cm³/mol. The third kappa shape index (κ3) is 5.09. The van der Waals surface area contributed by atoms with Gasteiger partial charge in [0.05, 0.1) is 17.8 Å². The molecule has 0 radical (unpaired) electrons. The average molecular weight is 367 g/mol. The molecule has 0 saturated carbocycles. The first-order valence-electron chi connectivity index (χ1n) is 8.38. The zero-order chi connectivity index (χ0) is 18.4. The van der Waals surface area contributed by atoms with Crippen molar-refractivity contribution < 1.29 is 14.5 Å². The van der Waals surface area contributed by atoms with Gasteiger partial charge in [-0.1, -0.05) is 6.07 Å². The standard InChI is InChI=1S/C17H25N3O4S/c1-12(18)14-5-3-4-8-19(14)17(21)11-25-10-13-6-7-16(24-2)15(9-13)20(22)23/h6-7,9,12,14H,3-5,8,10-11,18H2,1-2H3. The molecule has 2 rings (SSSR count). The lowest BCUT2D eigenvalue weighted by atomic mass is 9.97. The second kappa shape index (κ2) is 9.05. The van der Waals surface area contributed by atoms with Crippen LogP contribution in [0.4, 0.5) is 5.69 Å². The summed E-state index contributed by atoms with van der Waals surface area (Å²) in [4.78, 5) is 25.0. The summed E-state index contributed by atoms with van der Waals surface area (Å²) in [5.74, 6) is 1.22. The Kier molecular flexibility index (Phi) is 7.07. The van der Waals surface area contributed by atoms with Gasteiger partial charge in [-0.2, -0.15) is 0 Å². The molecule has 1 fully saturated rings. The number of ether oxygens (including phenoxy) is 1. The largest absolute Gasteiger partial charge is 0.490 e. The van der Waals surface area contributed by atoms with E-state index in [0.717, 1.165) is 31.4 Å². The van der Waals surface area contributed by atoms with E-state index in [-0.39, 0.29) is 29.4 Å². The number of thioether (sulfide) groups is 1. The van der Waals surface area contributed by atoms with Crippen molar-refractivity contribution in [3.63, 3.8) is 0 Å². The number of carbonyl (C=O) groups is 1. The number of nitrogens with two attached hydrogens (primary N) is 1. The van der Waals surface area contributed by atoms with Crippen LogP contribution in [0.1, 0.15) is 31.7 Å². The number of benzene rings is 1. The summed E-state index contributed by atoms with van der Waals surface area (Å²) >= 11 is 1.46. The van der Waals surface area contributed by atoms with Gasteiger partial charge in [0, 0.05) is 30.4 Å². The summed E-state index contributed by atoms with van der Waals surface area (Å²) in [7, 11) is 1.41. The van der Waals surface area contributed by atoms with Crippen LogP contribution >= 0.6 is 11.8 Å². The Balaban J connectivity index is 1.92. The molecule has 0 aromatic heterocycles. The molecule has 1 aromatic rings. The number of methoxy groups -OCH3 is 1. The van der Waals surface area contributed by atoms with Crippen LogP contribution in [-0.2, 0) is 10.5 Å². The van der Waals surface area contributed by atoms with Crippen molar-refractivity contribution in [3.8, 4) is 5.75 Å². The molecule has 8 heteroatoms. The normalized spacial score (nSPS) is 18.7.